The van der Waals surface area contributed by atoms with Gasteiger partial charge in [0.05, 0.1) is 6.20 Å². The van der Waals surface area contributed by atoms with Crippen molar-refractivity contribution in [2.45, 2.75) is 11.6 Å². The van der Waals surface area contributed by atoms with Gasteiger partial charge >= 0.3 is 0 Å². The van der Waals surface area contributed by atoms with E-state index in [1.165, 1.54) is 6.39 Å². The minimum atomic E-state index is 0.667. The molecule has 0 amide bonds. The Morgan fingerprint density at radius 1 is 1.18 bits per heavy atom. The molecule has 0 fully saturated rings. The second-order valence-electron chi connectivity index (χ2n) is 4.70. The summed E-state index contributed by atoms with van der Waals surface area (Å²) in [6, 6.07) is 8.00. The van der Waals surface area contributed by atoms with E-state index in [9.17, 15) is 0 Å². The van der Waals surface area contributed by atoms with Crippen molar-refractivity contribution in [3.63, 3.8) is 0 Å². The van der Waals surface area contributed by atoms with Crippen molar-refractivity contribution in [2.75, 3.05) is 11.6 Å². The van der Waals surface area contributed by atoms with Gasteiger partial charge < -0.3 is 8.98 Å². The van der Waals surface area contributed by atoms with Crippen molar-refractivity contribution in [3.05, 3.63) is 36.9 Å². The molecule has 0 atom stereocenters. The molecule has 0 aliphatic heterocycles. The van der Waals surface area contributed by atoms with E-state index in [1.807, 2.05) is 35.9 Å². The van der Waals surface area contributed by atoms with E-state index in [-0.39, 0.29) is 0 Å². The molecule has 0 spiro atoms. The van der Waals surface area contributed by atoms with E-state index in [0.29, 0.717) is 5.88 Å². The van der Waals surface area contributed by atoms with Crippen molar-refractivity contribution < 1.29 is 4.42 Å². The number of alkyl halides is 1. The zero-order chi connectivity index (χ0) is 15.4. The van der Waals surface area contributed by atoms with Crippen LogP contribution >= 0.6 is 23.4 Å². The third kappa shape index (κ3) is 3.18. The summed E-state index contributed by atoms with van der Waals surface area (Å²) in [5.74, 6) is 3.21. The molecule has 2 heterocycles. The van der Waals surface area contributed by atoms with Crippen LogP contribution in [0.1, 0.15) is 6.42 Å². The quantitative estimate of drug-likeness (QED) is 0.389. The molecule has 3 rings (SSSR count). The molecule has 0 saturated carbocycles. The van der Waals surface area contributed by atoms with Crippen LogP contribution in [-0.4, -0.2) is 31.4 Å². The van der Waals surface area contributed by atoms with Gasteiger partial charge in [-0.2, -0.15) is 0 Å². The molecular formula is C15H15ClN4OS. The highest BCUT2D eigenvalue weighted by atomic mass is 35.5. The zero-order valence-electron chi connectivity index (χ0n) is 12.1. The number of benzene rings is 1. The number of halogens is 1. The van der Waals surface area contributed by atoms with Gasteiger partial charge in [-0.3, -0.25) is 0 Å². The standard InChI is InChI=1S/C15H15ClN4OS/c1-20-14(18-19-15(20)22-8-2-7-16)12-5-3-11(4-6-12)13-9-17-10-21-13/h3-6,9-10H,2,7-8H2,1H3. The summed E-state index contributed by atoms with van der Waals surface area (Å²) < 4.78 is 7.29. The number of oxazole rings is 1. The highest BCUT2D eigenvalue weighted by molar-refractivity contribution is 7.99. The molecule has 0 radical (unpaired) electrons. The van der Waals surface area contributed by atoms with Crippen LogP contribution in [0.5, 0.6) is 0 Å². The lowest BCUT2D eigenvalue weighted by atomic mass is 10.1. The summed E-state index contributed by atoms with van der Waals surface area (Å²) in [5.41, 5.74) is 2.00. The monoisotopic (exact) mass is 334 g/mol. The Hall–Kier alpha value is -1.79. The Labute approximate surface area is 137 Å². The summed E-state index contributed by atoms with van der Waals surface area (Å²) in [6.07, 6.45) is 4.08. The maximum atomic E-state index is 5.70. The molecule has 3 aromatic rings. The van der Waals surface area contributed by atoms with Gasteiger partial charge in [0.15, 0.2) is 23.1 Å². The predicted octanol–water partition coefficient (Wildman–Crippen LogP) is 3.86. The van der Waals surface area contributed by atoms with Crippen molar-refractivity contribution >= 4 is 23.4 Å². The van der Waals surface area contributed by atoms with E-state index in [4.69, 9.17) is 16.0 Å². The fraction of sp³-hybridized carbons (Fsp3) is 0.267. The SMILES string of the molecule is Cn1c(SCCCCl)nnc1-c1ccc(-c2cnco2)cc1. The molecule has 0 bridgehead atoms. The van der Waals surface area contributed by atoms with Crippen LogP contribution in [-0.2, 0) is 7.05 Å². The number of hydrogen-bond acceptors (Lipinski definition) is 5. The molecule has 114 valence electrons. The van der Waals surface area contributed by atoms with Gasteiger partial charge in [0, 0.05) is 29.8 Å². The van der Waals surface area contributed by atoms with E-state index < -0.39 is 0 Å². The molecule has 7 heteroatoms. The molecule has 1 aromatic carbocycles. The van der Waals surface area contributed by atoms with Crippen LogP contribution in [0.4, 0.5) is 0 Å². The molecule has 22 heavy (non-hydrogen) atoms. The minimum Gasteiger partial charge on any atom is -0.444 e. The summed E-state index contributed by atoms with van der Waals surface area (Å²) in [5, 5.41) is 9.42. The topological polar surface area (TPSA) is 56.7 Å². The van der Waals surface area contributed by atoms with E-state index >= 15 is 0 Å². The number of aromatic nitrogens is 4. The lowest BCUT2D eigenvalue weighted by Gasteiger charge is -2.04. The van der Waals surface area contributed by atoms with Crippen LogP contribution in [0, 0.1) is 0 Å². The third-order valence-corrected chi connectivity index (χ3v) is 4.58. The average molecular weight is 335 g/mol. The predicted molar refractivity (Wildman–Crippen MR) is 88.0 cm³/mol. The fourth-order valence-corrected chi connectivity index (χ4v) is 3.19. The number of hydrogen-bond donors (Lipinski definition) is 0. The lowest BCUT2D eigenvalue weighted by Crippen LogP contribution is -1.95. The smallest absolute Gasteiger partial charge is 0.191 e. The summed E-state index contributed by atoms with van der Waals surface area (Å²) in [6.45, 7) is 0. The first-order valence-corrected chi connectivity index (χ1v) is 8.39. The Morgan fingerprint density at radius 3 is 2.64 bits per heavy atom. The van der Waals surface area contributed by atoms with Crippen molar-refractivity contribution in [2.24, 2.45) is 7.05 Å². The summed E-state index contributed by atoms with van der Waals surface area (Å²) in [7, 11) is 1.97. The molecule has 0 aliphatic rings. The van der Waals surface area contributed by atoms with Gasteiger partial charge in [-0.1, -0.05) is 36.0 Å². The first-order valence-electron chi connectivity index (χ1n) is 6.87. The molecule has 2 aromatic heterocycles. The number of rotatable bonds is 6. The molecule has 0 unspecified atom stereocenters. The van der Waals surface area contributed by atoms with E-state index in [0.717, 1.165) is 40.0 Å². The van der Waals surface area contributed by atoms with E-state index in [2.05, 4.69) is 15.2 Å². The van der Waals surface area contributed by atoms with Crippen molar-refractivity contribution in [1.29, 1.82) is 0 Å². The lowest BCUT2D eigenvalue weighted by molar-refractivity contribution is 0.572. The first-order chi connectivity index (χ1) is 10.8. The van der Waals surface area contributed by atoms with Crippen molar-refractivity contribution in [3.8, 4) is 22.7 Å². The van der Waals surface area contributed by atoms with Gasteiger partial charge in [0.25, 0.3) is 0 Å². The maximum absolute atomic E-state index is 5.70. The Balaban J connectivity index is 1.79. The molecule has 0 N–H and O–H groups in total. The molecule has 0 saturated heterocycles. The highest BCUT2D eigenvalue weighted by Crippen LogP contribution is 2.26. The van der Waals surface area contributed by atoms with Crippen molar-refractivity contribution in [1.82, 2.24) is 19.7 Å². The maximum Gasteiger partial charge on any atom is 0.191 e. The Morgan fingerprint density at radius 2 is 1.95 bits per heavy atom. The van der Waals surface area contributed by atoms with Gasteiger partial charge in [0.2, 0.25) is 0 Å². The second-order valence-corrected chi connectivity index (χ2v) is 6.14. The van der Waals surface area contributed by atoms with E-state index in [1.54, 1.807) is 18.0 Å². The Kier molecular flexibility index (Phi) is 4.80. The minimum absolute atomic E-state index is 0.667. The van der Waals surface area contributed by atoms with Crippen LogP contribution in [0.15, 0.2) is 46.4 Å². The second kappa shape index (κ2) is 6.98. The zero-order valence-corrected chi connectivity index (χ0v) is 13.6. The van der Waals surface area contributed by atoms with Gasteiger partial charge in [-0.15, -0.1) is 21.8 Å². The third-order valence-electron chi connectivity index (χ3n) is 3.20. The molecule has 5 nitrogen and oxygen atoms in total. The largest absolute Gasteiger partial charge is 0.444 e. The number of thioether (sulfide) groups is 1. The molecule has 0 aliphatic carbocycles. The van der Waals surface area contributed by atoms with Crippen LogP contribution in [0.3, 0.4) is 0 Å². The molecular weight excluding hydrogens is 320 g/mol. The fourth-order valence-electron chi connectivity index (χ4n) is 2.05. The highest BCUT2D eigenvalue weighted by Gasteiger charge is 2.11. The van der Waals surface area contributed by atoms with Crippen LogP contribution in [0.2, 0.25) is 0 Å². The van der Waals surface area contributed by atoms with Crippen LogP contribution in [0.25, 0.3) is 22.7 Å². The van der Waals surface area contributed by atoms with Gasteiger partial charge in [-0.05, 0) is 6.42 Å². The number of nitrogens with zero attached hydrogens (tertiary/aromatic N) is 4. The first kappa shape index (κ1) is 15.1. The average Bonchev–Trinajstić information content (AvgIpc) is 3.19. The summed E-state index contributed by atoms with van der Waals surface area (Å²) in [4.78, 5) is 3.93. The normalized spacial score (nSPS) is 11.0. The van der Waals surface area contributed by atoms with Gasteiger partial charge in [-0.25, -0.2) is 4.98 Å². The Bertz CT molecular complexity index is 725. The van der Waals surface area contributed by atoms with Gasteiger partial charge in [0.1, 0.15) is 0 Å². The summed E-state index contributed by atoms with van der Waals surface area (Å²) >= 11 is 7.37. The van der Waals surface area contributed by atoms with Crippen LogP contribution < -0.4 is 0 Å².